The first kappa shape index (κ1) is 21.0. The zero-order valence-electron chi connectivity index (χ0n) is 18.0. The molecule has 1 amide bonds. The molecule has 2 saturated heterocycles. The molecule has 0 radical (unpaired) electrons. The van der Waals surface area contributed by atoms with Gasteiger partial charge in [-0.2, -0.15) is 0 Å². The monoisotopic (exact) mass is 409 g/mol. The highest BCUT2D eigenvalue weighted by molar-refractivity contribution is 5.80. The maximum absolute atomic E-state index is 13.2. The van der Waals surface area contributed by atoms with Gasteiger partial charge in [0.25, 0.3) is 5.91 Å². The minimum absolute atomic E-state index is 0.0517. The Morgan fingerprint density at radius 3 is 2.13 bits per heavy atom. The summed E-state index contributed by atoms with van der Waals surface area (Å²) in [7, 11) is 0. The normalized spacial score (nSPS) is 25.2. The zero-order valence-corrected chi connectivity index (χ0v) is 18.0. The van der Waals surface area contributed by atoms with E-state index in [1.165, 1.54) is 17.7 Å². The van der Waals surface area contributed by atoms with Crippen molar-refractivity contribution in [3.05, 3.63) is 71.8 Å². The Morgan fingerprint density at radius 1 is 1.00 bits per heavy atom. The maximum Gasteiger partial charge on any atom is 0.278 e. The van der Waals surface area contributed by atoms with Crippen LogP contribution >= 0.6 is 0 Å². The summed E-state index contributed by atoms with van der Waals surface area (Å²) in [6.07, 6.45) is 2.86. The molecule has 2 aliphatic rings. The van der Waals surface area contributed by atoms with Crippen LogP contribution in [0.5, 0.6) is 0 Å². The lowest BCUT2D eigenvalue weighted by atomic mass is 9.98. The highest BCUT2D eigenvalue weighted by atomic mass is 16.5. The number of piperazine rings is 1. The average molecular weight is 410 g/mol. The summed E-state index contributed by atoms with van der Waals surface area (Å²) in [5.74, 6) is 0.130. The molecule has 4 rings (SSSR count). The molecule has 0 unspecified atom stereocenters. The van der Waals surface area contributed by atoms with Crippen molar-refractivity contribution in [2.24, 2.45) is 0 Å². The predicted octanol–water partition coefficient (Wildman–Crippen LogP) is 0.243. The second-order valence-corrected chi connectivity index (χ2v) is 8.73. The number of carbonyl (C=O) groups excluding carboxylic acids is 1. The van der Waals surface area contributed by atoms with E-state index in [4.69, 9.17) is 4.74 Å². The molecule has 2 fully saturated rings. The molecule has 2 aromatic rings. The predicted molar refractivity (Wildman–Crippen MR) is 118 cm³/mol. The fraction of sp³-hybridized carbons (Fsp3) is 0.480. The standard InChI is InChI=1S/C25H33N3O2/c1-20(28-16-14-27(15-17-28)19-23-13-8-18-30-23)25(29)26-24(21-9-4-2-5-10-21)22-11-6-3-7-12-22/h2-7,9-12,20,23-24H,8,13-19H2,1H3,(H,26,29)/p+2/t20-,23-/m0/s1. The molecule has 2 heterocycles. The smallest absolute Gasteiger partial charge is 0.278 e. The number of carbonyl (C=O) groups is 1. The van der Waals surface area contributed by atoms with E-state index in [1.54, 1.807) is 4.90 Å². The quantitative estimate of drug-likeness (QED) is 0.614. The first-order valence-corrected chi connectivity index (χ1v) is 11.4. The number of rotatable bonds is 7. The van der Waals surface area contributed by atoms with Crippen molar-refractivity contribution >= 4 is 5.91 Å². The van der Waals surface area contributed by atoms with Gasteiger partial charge in [0.05, 0.1) is 6.04 Å². The van der Waals surface area contributed by atoms with Crippen molar-refractivity contribution in [2.45, 2.75) is 38.0 Å². The van der Waals surface area contributed by atoms with Crippen LogP contribution in [-0.2, 0) is 9.53 Å². The van der Waals surface area contributed by atoms with Gasteiger partial charge in [-0.25, -0.2) is 0 Å². The van der Waals surface area contributed by atoms with Crippen LogP contribution in [0.15, 0.2) is 60.7 Å². The molecule has 0 spiro atoms. The van der Waals surface area contributed by atoms with Crippen LogP contribution in [0.4, 0.5) is 0 Å². The van der Waals surface area contributed by atoms with Crippen LogP contribution in [-0.4, -0.2) is 57.4 Å². The minimum atomic E-state index is -0.117. The van der Waals surface area contributed by atoms with Crippen molar-refractivity contribution in [3.8, 4) is 0 Å². The van der Waals surface area contributed by atoms with Crippen LogP contribution in [0.2, 0.25) is 0 Å². The van der Waals surface area contributed by atoms with Gasteiger partial charge in [-0.05, 0) is 30.9 Å². The summed E-state index contributed by atoms with van der Waals surface area (Å²) >= 11 is 0. The lowest BCUT2D eigenvalue weighted by molar-refractivity contribution is -1.02. The molecule has 2 atom stereocenters. The van der Waals surface area contributed by atoms with Gasteiger partial charge in [0.2, 0.25) is 0 Å². The van der Waals surface area contributed by atoms with Gasteiger partial charge in [0, 0.05) is 6.61 Å². The summed E-state index contributed by atoms with van der Waals surface area (Å²) in [6, 6.07) is 20.3. The Bertz CT molecular complexity index is 745. The lowest BCUT2D eigenvalue weighted by Crippen LogP contribution is -3.30. The highest BCUT2D eigenvalue weighted by Crippen LogP contribution is 2.21. The topological polar surface area (TPSA) is 47.2 Å². The summed E-state index contributed by atoms with van der Waals surface area (Å²) < 4.78 is 5.80. The van der Waals surface area contributed by atoms with E-state index in [9.17, 15) is 4.79 Å². The maximum atomic E-state index is 13.2. The van der Waals surface area contributed by atoms with Crippen LogP contribution in [0, 0.1) is 0 Å². The molecule has 5 heteroatoms. The fourth-order valence-electron chi connectivity index (χ4n) is 4.79. The van der Waals surface area contributed by atoms with Gasteiger partial charge in [-0.3, -0.25) is 4.79 Å². The highest BCUT2D eigenvalue weighted by Gasteiger charge is 2.33. The van der Waals surface area contributed by atoms with E-state index in [-0.39, 0.29) is 18.0 Å². The first-order valence-electron chi connectivity index (χ1n) is 11.4. The molecule has 0 aliphatic carbocycles. The Morgan fingerprint density at radius 2 is 1.60 bits per heavy atom. The summed E-state index contributed by atoms with van der Waals surface area (Å²) in [6.45, 7) is 8.44. The Hall–Kier alpha value is -2.21. The molecule has 2 aliphatic heterocycles. The zero-order chi connectivity index (χ0) is 20.8. The number of quaternary nitrogens is 2. The van der Waals surface area contributed by atoms with Crippen molar-refractivity contribution < 1.29 is 19.3 Å². The lowest BCUT2D eigenvalue weighted by Gasteiger charge is -2.34. The molecule has 2 aromatic carbocycles. The van der Waals surface area contributed by atoms with Gasteiger partial charge in [0.1, 0.15) is 38.8 Å². The van der Waals surface area contributed by atoms with Gasteiger partial charge < -0.3 is 19.9 Å². The third kappa shape index (κ3) is 5.28. The number of ether oxygens (including phenoxy) is 1. The molecule has 160 valence electrons. The molecule has 0 saturated carbocycles. The summed E-state index contributed by atoms with van der Waals surface area (Å²) in [4.78, 5) is 16.2. The van der Waals surface area contributed by atoms with E-state index >= 15 is 0 Å². The number of hydrogen-bond donors (Lipinski definition) is 3. The van der Waals surface area contributed by atoms with Gasteiger partial charge in [0.15, 0.2) is 6.04 Å². The van der Waals surface area contributed by atoms with Crippen molar-refractivity contribution in [1.82, 2.24) is 5.32 Å². The average Bonchev–Trinajstić information content (AvgIpc) is 3.31. The van der Waals surface area contributed by atoms with E-state index < -0.39 is 0 Å². The second kappa shape index (κ2) is 10.2. The van der Waals surface area contributed by atoms with Crippen molar-refractivity contribution in [3.63, 3.8) is 0 Å². The van der Waals surface area contributed by atoms with Crippen molar-refractivity contribution in [2.75, 3.05) is 39.3 Å². The largest absolute Gasteiger partial charge is 0.372 e. The van der Waals surface area contributed by atoms with Gasteiger partial charge in [-0.1, -0.05) is 60.7 Å². The van der Waals surface area contributed by atoms with Gasteiger partial charge in [-0.15, -0.1) is 0 Å². The van der Waals surface area contributed by atoms with E-state index in [2.05, 4.69) is 36.5 Å². The van der Waals surface area contributed by atoms with Crippen LogP contribution in [0.25, 0.3) is 0 Å². The molecule has 30 heavy (non-hydrogen) atoms. The SMILES string of the molecule is C[C@@H](C(=O)NC(c1ccccc1)c1ccccc1)[NH+]1CC[NH+](C[C@@H]2CCCO2)CC1. The Labute approximate surface area is 180 Å². The summed E-state index contributed by atoms with van der Waals surface area (Å²) in [5, 5.41) is 3.33. The number of nitrogens with one attached hydrogen (secondary N) is 3. The minimum Gasteiger partial charge on any atom is -0.372 e. The Kier molecular flexibility index (Phi) is 7.16. The Balaban J connectivity index is 1.35. The number of amides is 1. The molecule has 0 bridgehead atoms. The number of hydrogen-bond acceptors (Lipinski definition) is 2. The van der Waals surface area contributed by atoms with E-state index in [1.807, 2.05) is 36.4 Å². The third-order valence-corrected chi connectivity index (χ3v) is 6.70. The van der Waals surface area contributed by atoms with E-state index in [0.717, 1.165) is 50.5 Å². The molecular weight excluding hydrogens is 374 g/mol. The first-order chi connectivity index (χ1) is 14.7. The van der Waals surface area contributed by atoms with Crippen LogP contribution in [0.1, 0.15) is 36.9 Å². The molecular formula is C25H35N3O2+2. The molecule has 5 nitrogen and oxygen atoms in total. The van der Waals surface area contributed by atoms with E-state index in [0.29, 0.717) is 6.10 Å². The van der Waals surface area contributed by atoms with Crippen LogP contribution in [0.3, 0.4) is 0 Å². The molecule has 3 N–H and O–H groups in total. The molecule has 0 aromatic heterocycles. The van der Waals surface area contributed by atoms with Crippen LogP contribution < -0.4 is 15.1 Å². The summed E-state index contributed by atoms with van der Waals surface area (Å²) in [5.41, 5.74) is 2.23. The van der Waals surface area contributed by atoms with Gasteiger partial charge >= 0.3 is 0 Å². The van der Waals surface area contributed by atoms with Crippen molar-refractivity contribution in [1.29, 1.82) is 0 Å². The fourth-order valence-corrected chi connectivity index (χ4v) is 4.79. The number of benzene rings is 2. The second-order valence-electron chi connectivity index (χ2n) is 8.73. The third-order valence-electron chi connectivity index (χ3n) is 6.70.